The Kier molecular flexibility index (Phi) is 5.27. The highest BCUT2D eigenvalue weighted by atomic mass is 35.5. The Morgan fingerprint density at radius 2 is 1.67 bits per heavy atom. The van der Waals surface area contributed by atoms with Gasteiger partial charge in [0.05, 0.1) is 21.6 Å². The summed E-state index contributed by atoms with van der Waals surface area (Å²) >= 11 is 11.9. The van der Waals surface area contributed by atoms with Gasteiger partial charge in [0.2, 0.25) is 0 Å². The minimum Gasteiger partial charge on any atom is -0.280 e. The molecular formula is C21H15Cl2N3O3S. The third-order valence-electron chi connectivity index (χ3n) is 4.50. The smallest absolute Gasteiger partial charge is 0.265 e. The minimum atomic E-state index is -3.94. The number of para-hydroxylation sites is 1. The highest BCUT2D eigenvalue weighted by molar-refractivity contribution is 7.92. The van der Waals surface area contributed by atoms with Crippen LogP contribution in [0, 0.1) is 6.92 Å². The second-order valence-corrected chi connectivity index (χ2v) is 9.04. The number of nitrogens with one attached hydrogen (secondary N) is 1. The monoisotopic (exact) mass is 459 g/mol. The van der Waals surface area contributed by atoms with Crippen LogP contribution in [0.1, 0.15) is 5.82 Å². The molecule has 3 aromatic carbocycles. The third kappa shape index (κ3) is 3.79. The zero-order valence-corrected chi connectivity index (χ0v) is 18.0. The molecule has 1 heterocycles. The molecule has 0 aliphatic carbocycles. The second-order valence-electron chi connectivity index (χ2n) is 6.54. The van der Waals surface area contributed by atoms with Crippen molar-refractivity contribution in [2.75, 3.05) is 4.72 Å². The van der Waals surface area contributed by atoms with E-state index in [1.54, 1.807) is 49.4 Å². The van der Waals surface area contributed by atoms with E-state index in [1.165, 1.54) is 22.8 Å². The van der Waals surface area contributed by atoms with Gasteiger partial charge in [0.15, 0.2) is 0 Å². The summed E-state index contributed by atoms with van der Waals surface area (Å²) in [5.41, 5.74) is 1.31. The Balaban J connectivity index is 1.70. The van der Waals surface area contributed by atoms with Crippen LogP contribution in [0.3, 0.4) is 0 Å². The Hall–Kier alpha value is -2.87. The molecule has 4 rings (SSSR count). The van der Waals surface area contributed by atoms with Crippen LogP contribution in [-0.2, 0) is 10.0 Å². The number of sulfonamides is 1. The first kappa shape index (κ1) is 20.4. The molecule has 152 valence electrons. The molecule has 0 saturated carbocycles. The summed E-state index contributed by atoms with van der Waals surface area (Å²) in [6.07, 6.45) is 0. The van der Waals surface area contributed by atoms with Gasteiger partial charge < -0.3 is 0 Å². The van der Waals surface area contributed by atoms with E-state index in [-0.39, 0.29) is 20.5 Å². The Morgan fingerprint density at radius 3 is 2.40 bits per heavy atom. The Bertz CT molecular complexity index is 1430. The minimum absolute atomic E-state index is 0.0629. The van der Waals surface area contributed by atoms with Gasteiger partial charge in [-0.05, 0) is 61.5 Å². The molecule has 30 heavy (non-hydrogen) atoms. The Labute approximate surface area is 182 Å². The van der Waals surface area contributed by atoms with Crippen molar-refractivity contribution in [2.45, 2.75) is 11.8 Å². The number of hydrogen-bond acceptors (Lipinski definition) is 4. The lowest BCUT2D eigenvalue weighted by Gasteiger charge is -2.13. The van der Waals surface area contributed by atoms with E-state index in [0.717, 1.165) is 0 Å². The average molecular weight is 460 g/mol. The maximum atomic E-state index is 12.9. The lowest BCUT2D eigenvalue weighted by Crippen LogP contribution is -2.22. The average Bonchev–Trinajstić information content (AvgIpc) is 2.71. The summed E-state index contributed by atoms with van der Waals surface area (Å²) in [6, 6.07) is 17.7. The molecule has 0 fully saturated rings. The maximum Gasteiger partial charge on any atom is 0.265 e. The normalized spacial score (nSPS) is 11.6. The summed E-state index contributed by atoms with van der Waals surface area (Å²) in [5.74, 6) is 0.526. The molecule has 4 aromatic rings. The molecule has 0 aliphatic rings. The summed E-state index contributed by atoms with van der Waals surface area (Å²) in [7, 11) is -3.94. The van der Waals surface area contributed by atoms with Crippen molar-refractivity contribution in [3.63, 3.8) is 0 Å². The van der Waals surface area contributed by atoms with Crippen LogP contribution in [0.4, 0.5) is 5.69 Å². The van der Waals surface area contributed by atoms with Crippen LogP contribution in [0.2, 0.25) is 10.0 Å². The van der Waals surface area contributed by atoms with Gasteiger partial charge in [0, 0.05) is 10.7 Å². The largest absolute Gasteiger partial charge is 0.280 e. The standard InChI is InChI=1S/C21H15Cl2N3O3S/c1-13-24-19-5-3-2-4-17(19)21(27)26(13)16-9-7-15(8-10-16)25-30(28,29)20-12-14(22)6-11-18(20)23/h2-12,25H,1H3. The van der Waals surface area contributed by atoms with Crippen molar-refractivity contribution >= 4 is 49.8 Å². The summed E-state index contributed by atoms with van der Waals surface area (Å²) in [6.45, 7) is 1.74. The van der Waals surface area contributed by atoms with Crippen molar-refractivity contribution in [3.05, 3.63) is 93.0 Å². The summed E-state index contributed by atoms with van der Waals surface area (Å²) in [5, 5.41) is 0.824. The first-order valence-electron chi connectivity index (χ1n) is 8.83. The van der Waals surface area contributed by atoms with Crippen LogP contribution < -0.4 is 10.3 Å². The van der Waals surface area contributed by atoms with Gasteiger partial charge in [-0.25, -0.2) is 13.4 Å². The quantitative estimate of drug-likeness (QED) is 0.474. The van der Waals surface area contributed by atoms with Gasteiger partial charge >= 0.3 is 0 Å². The van der Waals surface area contributed by atoms with E-state index in [9.17, 15) is 13.2 Å². The SMILES string of the molecule is Cc1nc2ccccc2c(=O)n1-c1ccc(NS(=O)(=O)c2cc(Cl)ccc2Cl)cc1. The fourth-order valence-corrected chi connectivity index (χ4v) is 4.94. The number of benzene rings is 3. The molecule has 0 radical (unpaired) electrons. The highest BCUT2D eigenvalue weighted by Gasteiger charge is 2.19. The zero-order valence-electron chi connectivity index (χ0n) is 15.6. The van der Waals surface area contributed by atoms with Gasteiger partial charge in [-0.3, -0.25) is 14.1 Å². The fourth-order valence-electron chi connectivity index (χ4n) is 3.12. The van der Waals surface area contributed by atoms with Crippen molar-refractivity contribution in [3.8, 4) is 5.69 Å². The first-order chi connectivity index (χ1) is 14.3. The molecule has 9 heteroatoms. The molecule has 0 atom stereocenters. The van der Waals surface area contributed by atoms with Crippen LogP contribution in [0.25, 0.3) is 16.6 Å². The van der Waals surface area contributed by atoms with E-state index in [4.69, 9.17) is 23.2 Å². The number of rotatable bonds is 4. The van der Waals surface area contributed by atoms with E-state index >= 15 is 0 Å². The van der Waals surface area contributed by atoms with E-state index in [0.29, 0.717) is 28.1 Å². The number of anilines is 1. The maximum absolute atomic E-state index is 12.9. The fraction of sp³-hybridized carbons (Fsp3) is 0.0476. The molecule has 0 bridgehead atoms. The molecule has 1 N–H and O–H groups in total. The van der Waals surface area contributed by atoms with E-state index in [1.807, 2.05) is 6.07 Å². The van der Waals surface area contributed by atoms with Crippen LogP contribution in [-0.4, -0.2) is 18.0 Å². The van der Waals surface area contributed by atoms with Gasteiger partial charge in [-0.15, -0.1) is 0 Å². The number of hydrogen-bond donors (Lipinski definition) is 1. The van der Waals surface area contributed by atoms with Crippen molar-refractivity contribution in [1.82, 2.24) is 9.55 Å². The number of fused-ring (bicyclic) bond motifs is 1. The molecule has 0 spiro atoms. The van der Waals surface area contributed by atoms with Crippen LogP contribution >= 0.6 is 23.2 Å². The molecule has 1 aromatic heterocycles. The lowest BCUT2D eigenvalue weighted by molar-refractivity contribution is 0.601. The highest BCUT2D eigenvalue weighted by Crippen LogP contribution is 2.27. The lowest BCUT2D eigenvalue weighted by atomic mass is 10.2. The molecule has 6 nitrogen and oxygen atoms in total. The van der Waals surface area contributed by atoms with Gasteiger partial charge in [0.1, 0.15) is 10.7 Å². The summed E-state index contributed by atoms with van der Waals surface area (Å²) in [4.78, 5) is 17.3. The first-order valence-corrected chi connectivity index (χ1v) is 11.1. The zero-order chi connectivity index (χ0) is 21.5. The van der Waals surface area contributed by atoms with Gasteiger partial charge in [-0.1, -0.05) is 35.3 Å². The third-order valence-corrected chi connectivity index (χ3v) is 6.60. The number of halogens is 2. The number of aromatic nitrogens is 2. The topological polar surface area (TPSA) is 81.1 Å². The van der Waals surface area contributed by atoms with Crippen LogP contribution in [0.15, 0.2) is 76.4 Å². The van der Waals surface area contributed by atoms with Crippen LogP contribution in [0.5, 0.6) is 0 Å². The van der Waals surface area contributed by atoms with Crippen molar-refractivity contribution in [1.29, 1.82) is 0 Å². The number of aryl methyl sites for hydroxylation is 1. The molecular weight excluding hydrogens is 445 g/mol. The predicted molar refractivity (Wildman–Crippen MR) is 119 cm³/mol. The summed E-state index contributed by atoms with van der Waals surface area (Å²) < 4.78 is 29.3. The predicted octanol–water partition coefficient (Wildman–Crippen LogP) is 4.80. The Morgan fingerprint density at radius 1 is 0.967 bits per heavy atom. The molecule has 0 saturated heterocycles. The number of nitrogens with zero attached hydrogens (tertiary/aromatic N) is 2. The van der Waals surface area contributed by atoms with E-state index in [2.05, 4.69) is 9.71 Å². The van der Waals surface area contributed by atoms with E-state index < -0.39 is 10.0 Å². The van der Waals surface area contributed by atoms with Gasteiger partial charge in [-0.2, -0.15) is 0 Å². The van der Waals surface area contributed by atoms with Gasteiger partial charge in [0.25, 0.3) is 15.6 Å². The van der Waals surface area contributed by atoms with Crippen molar-refractivity contribution < 1.29 is 8.42 Å². The molecule has 0 aliphatic heterocycles. The van der Waals surface area contributed by atoms with Crippen molar-refractivity contribution in [2.24, 2.45) is 0 Å². The second kappa shape index (κ2) is 7.75. The molecule has 0 amide bonds. The molecule has 0 unspecified atom stereocenters.